The highest BCUT2D eigenvalue weighted by molar-refractivity contribution is 8.01. The Balaban J connectivity index is 1.77. The van der Waals surface area contributed by atoms with Crippen LogP contribution in [0.2, 0.25) is 0 Å². The number of amides is 1. The maximum Gasteiger partial charge on any atom is 0.334 e. The van der Waals surface area contributed by atoms with Crippen LogP contribution in [0.5, 0.6) is 0 Å². The van der Waals surface area contributed by atoms with Crippen molar-refractivity contribution in [1.82, 2.24) is 4.90 Å². The average Bonchev–Trinajstić information content (AvgIpc) is 3.06. The molecule has 5 nitrogen and oxygen atoms in total. The molecule has 0 bridgehead atoms. The van der Waals surface area contributed by atoms with Gasteiger partial charge in [-0.25, -0.2) is 4.79 Å². The normalized spacial score (nSPS) is 23.2. The minimum absolute atomic E-state index is 0.0696. The van der Waals surface area contributed by atoms with Gasteiger partial charge < -0.3 is 14.7 Å². The molecule has 24 heavy (non-hydrogen) atoms. The quantitative estimate of drug-likeness (QED) is 0.905. The van der Waals surface area contributed by atoms with Crippen LogP contribution in [-0.2, 0) is 14.3 Å². The second-order valence-corrected chi connectivity index (χ2v) is 8.02. The van der Waals surface area contributed by atoms with Gasteiger partial charge in [0.2, 0.25) is 5.91 Å². The van der Waals surface area contributed by atoms with Crippen LogP contribution in [-0.4, -0.2) is 52.4 Å². The van der Waals surface area contributed by atoms with Gasteiger partial charge in [0, 0.05) is 11.4 Å². The number of morpholine rings is 1. The molecule has 2 aliphatic rings. The zero-order valence-corrected chi connectivity index (χ0v) is 14.7. The number of carbonyl (C=O) groups is 2. The zero-order valence-electron chi connectivity index (χ0n) is 13.9. The fourth-order valence-corrected chi connectivity index (χ4v) is 4.84. The molecule has 1 saturated carbocycles. The molecule has 2 fully saturated rings. The summed E-state index contributed by atoms with van der Waals surface area (Å²) in [5, 5.41) is 9.16. The van der Waals surface area contributed by atoms with Crippen LogP contribution in [0.25, 0.3) is 0 Å². The van der Waals surface area contributed by atoms with Crippen molar-refractivity contribution in [1.29, 1.82) is 0 Å². The van der Waals surface area contributed by atoms with E-state index in [0.29, 0.717) is 6.54 Å². The number of hydrogen-bond acceptors (Lipinski definition) is 4. The molecule has 0 aromatic heterocycles. The third kappa shape index (κ3) is 3.59. The van der Waals surface area contributed by atoms with E-state index in [0.717, 1.165) is 30.6 Å². The Morgan fingerprint density at radius 1 is 1.25 bits per heavy atom. The largest absolute Gasteiger partial charge is 0.479 e. The summed E-state index contributed by atoms with van der Waals surface area (Å²) >= 11 is 1.64. The van der Waals surface area contributed by atoms with E-state index in [2.05, 4.69) is 24.3 Å². The van der Waals surface area contributed by atoms with Crippen molar-refractivity contribution in [2.75, 3.05) is 19.7 Å². The first-order valence-electron chi connectivity index (χ1n) is 8.40. The number of carboxylic acid groups (broad SMARTS) is 1. The van der Waals surface area contributed by atoms with Crippen molar-refractivity contribution >= 4 is 23.6 Å². The van der Waals surface area contributed by atoms with Crippen LogP contribution in [0.3, 0.4) is 0 Å². The number of benzene rings is 1. The molecule has 1 aromatic rings. The predicted molar refractivity (Wildman–Crippen MR) is 92.2 cm³/mol. The number of carbonyl (C=O) groups excluding carboxylic acids is 1. The van der Waals surface area contributed by atoms with Crippen LogP contribution < -0.4 is 0 Å². The van der Waals surface area contributed by atoms with E-state index < -0.39 is 16.8 Å². The fourth-order valence-electron chi connectivity index (χ4n) is 3.41. The Labute approximate surface area is 146 Å². The summed E-state index contributed by atoms with van der Waals surface area (Å²) in [7, 11) is 0. The van der Waals surface area contributed by atoms with Crippen LogP contribution in [0.1, 0.15) is 31.2 Å². The molecule has 1 heterocycles. The number of rotatable bonds is 4. The van der Waals surface area contributed by atoms with E-state index in [9.17, 15) is 9.59 Å². The third-order valence-electron chi connectivity index (χ3n) is 4.76. The topological polar surface area (TPSA) is 66.8 Å². The van der Waals surface area contributed by atoms with Gasteiger partial charge in [-0.1, -0.05) is 30.5 Å². The van der Waals surface area contributed by atoms with Gasteiger partial charge >= 0.3 is 5.97 Å². The first-order chi connectivity index (χ1) is 11.5. The lowest BCUT2D eigenvalue weighted by atomic mass is 10.0. The van der Waals surface area contributed by atoms with Crippen molar-refractivity contribution in [3.05, 3.63) is 29.8 Å². The van der Waals surface area contributed by atoms with Crippen molar-refractivity contribution in [2.24, 2.45) is 0 Å². The summed E-state index contributed by atoms with van der Waals surface area (Å²) in [6.07, 6.45) is 2.86. The lowest BCUT2D eigenvalue weighted by Crippen LogP contribution is -2.54. The third-order valence-corrected chi connectivity index (χ3v) is 6.25. The molecule has 0 radical (unpaired) electrons. The summed E-state index contributed by atoms with van der Waals surface area (Å²) < 4.78 is 4.78. The highest BCUT2D eigenvalue weighted by Gasteiger charge is 2.46. The number of hydrogen-bond donors (Lipinski definition) is 1. The number of aryl methyl sites for hydroxylation is 1. The summed E-state index contributed by atoms with van der Waals surface area (Å²) in [4.78, 5) is 27.2. The Kier molecular flexibility index (Phi) is 5.15. The molecule has 0 spiro atoms. The average molecular weight is 349 g/mol. The number of thioether (sulfide) groups is 1. The monoisotopic (exact) mass is 349 g/mol. The Morgan fingerprint density at radius 3 is 2.54 bits per heavy atom. The van der Waals surface area contributed by atoms with E-state index in [-0.39, 0.29) is 19.1 Å². The first kappa shape index (κ1) is 17.3. The van der Waals surface area contributed by atoms with Crippen LogP contribution in [0, 0.1) is 6.92 Å². The van der Waals surface area contributed by atoms with E-state index in [1.165, 1.54) is 5.56 Å². The van der Waals surface area contributed by atoms with E-state index in [1.807, 2.05) is 6.92 Å². The summed E-state index contributed by atoms with van der Waals surface area (Å²) in [6, 6.07) is 8.24. The molecule has 1 aliphatic carbocycles. The van der Waals surface area contributed by atoms with Crippen LogP contribution in [0.15, 0.2) is 29.2 Å². The van der Waals surface area contributed by atoms with Gasteiger partial charge in [0.1, 0.15) is 0 Å². The van der Waals surface area contributed by atoms with Gasteiger partial charge in [0.05, 0.1) is 17.9 Å². The first-order valence-corrected chi connectivity index (χ1v) is 9.21. The molecule has 1 amide bonds. The van der Waals surface area contributed by atoms with Crippen molar-refractivity contribution in [3.8, 4) is 0 Å². The lowest BCUT2D eigenvalue weighted by molar-refractivity contribution is -0.160. The molecule has 3 rings (SSSR count). The molecule has 1 aromatic carbocycles. The molecular formula is C18H23NO4S. The van der Waals surface area contributed by atoms with E-state index >= 15 is 0 Å². The van der Waals surface area contributed by atoms with Crippen molar-refractivity contribution in [2.45, 2.75) is 48.4 Å². The maximum atomic E-state index is 13.2. The Hall–Kier alpha value is -1.53. The standard InChI is InChI=1S/C18H23NO4S/c1-13-4-6-14(7-5-13)24-18(8-2-3-9-18)17(22)19-10-11-23-15(12-19)16(20)21/h4-7,15H,2-3,8-12H2,1H3,(H,20,21). The molecule has 130 valence electrons. The van der Waals surface area contributed by atoms with Gasteiger partial charge in [-0.05, 0) is 31.9 Å². The van der Waals surface area contributed by atoms with Crippen LogP contribution >= 0.6 is 11.8 Å². The SMILES string of the molecule is Cc1ccc(SC2(C(=O)N3CCOC(C(=O)O)C3)CCCC2)cc1. The summed E-state index contributed by atoms with van der Waals surface area (Å²) in [5.74, 6) is -0.931. The smallest absolute Gasteiger partial charge is 0.334 e. The van der Waals surface area contributed by atoms with Gasteiger partial charge in [-0.3, -0.25) is 4.79 Å². The Morgan fingerprint density at radius 2 is 1.92 bits per heavy atom. The maximum absolute atomic E-state index is 13.2. The molecule has 1 atom stereocenters. The highest BCUT2D eigenvalue weighted by Crippen LogP contribution is 2.46. The van der Waals surface area contributed by atoms with Gasteiger partial charge in [-0.2, -0.15) is 0 Å². The lowest BCUT2D eigenvalue weighted by Gasteiger charge is -2.37. The predicted octanol–water partition coefficient (Wildman–Crippen LogP) is 2.71. The number of carboxylic acids is 1. The van der Waals surface area contributed by atoms with Gasteiger partial charge in [0.25, 0.3) is 0 Å². The second kappa shape index (κ2) is 7.15. The molecule has 1 saturated heterocycles. The second-order valence-electron chi connectivity index (χ2n) is 6.57. The van der Waals surface area contributed by atoms with E-state index in [4.69, 9.17) is 9.84 Å². The number of aliphatic carboxylic acids is 1. The molecule has 1 unspecified atom stereocenters. The van der Waals surface area contributed by atoms with Crippen molar-refractivity contribution < 1.29 is 19.4 Å². The van der Waals surface area contributed by atoms with E-state index in [1.54, 1.807) is 16.7 Å². The van der Waals surface area contributed by atoms with Gasteiger partial charge in [-0.15, -0.1) is 11.8 Å². The molecule has 1 aliphatic heterocycles. The van der Waals surface area contributed by atoms with Crippen LogP contribution in [0.4, 0.5) is 0 Å². The Bertz CT molecular complexity index is 610. The van der Waals surface area contributed by atoms with Gasteiger partial charge in [0.15, 0.2) is 6.10 Å². The highest BCUT2D eigenvalue weighted by atomic mass is 32.2. The minimum Gasteiger partial charge on any atom is -0.479 e. The number of nitrogens with zero attached hydrogens (tertiary/aromatic N) is 1. The number of ether oxygens (including phenoxy) is 1. The fraction of sp³-hybridized carbons (Fsp3) is 0.556. The summed E-state index contributed by atoms with van der Waals surface area (Å²) in [5.41, 5.74) is 1.20. The minimum atomic E-state index is -1.00. The molecular weight excluding hydrogens is 326 g/mol. The summed E-state index contributed by atoms with van der Waals surface area (Å²) in [6.45, 7) is 2.95. The zero-order chi connectivity index (χ0) is 17.2. The molecule has 6 heteroatoms. The van der Waals surface area contributed by atoms with Crippen molar-refractivity contribution in [3.63, 3.8) is 0 Å². The molecule has 1 N–H and O–H groups in total.